The van der Waals surface area contributed by atoms with E-state index in [9.17, 15) is 0 Å². The second-order valence-electron chi connectivity index (χ2n) is 5.58. The first-order chi connectivity index (χ1) is 9.63. The molecule has 1 aliphatic rings. The van der Waals surface area contributed by atoms with Crippen molar-refractivity contribution in [2.45, 2.75) is 26.3 Å². The summed E-state index contributed by atoms with van der Waals surface area (Å²) in [6.45, 7) is 9.01. The summed E-state index contributed by atoms with van der Waals surface area (Å²) in [5.41, 5.74) is 1.05. The number of thiazole rings is 1. The molecule has 0 radical (unpaired) electrons. The Morgan fingerprint density at radius 3 is 2.85 bits per heavy atom. The first kappa shape index (κ1) is 14.1. The van der Waals surface area contributed by atoms with Crippen molar-refractivity contribution in [3.63, 3.8) is 0 Å². The third kappa shape index (κ3) is 2.92. The molecule has 0 bridgehead atoms. The van der Waals surface area contributed by atoms with E-state index in [-0.39, 0.29) is 0 Å². The molecule has 0 amide bonds. The van der Waals surface area contributed by atoms with E-state index in [0.29, 0.717) is 6.04 Å². The van der Waals surface area contributed by atoms with Crippen LogP contribution in [0, 0.1) is 0 Å². The summed E-state index contributed by atoms with van der Waals surface area (Å²) in [6, 6.07) is 6.56. The molecule has 1 aliphatic heterocycles. The average Bonchev–Trinajstić information content (AvgIpc) is 2.67. The van der Waals surface area contributed by atoms with E-state index in [0.717, 1.165) is 35.3 Å². The van der Waals surface area contributed by atoms with Gasteiger partial charge >= 0.3 is 0 Å². The van der Waals surface area contributed by atoms with Gasteiger partial charge in [0.1, 0.15) is 0 Å². The molecule has 20 heavy (non-hydrogen) atoms. The van der Waals surface area contributed by atoms with Gasteiger partial charge in [0.25, 0.3) is 0 Å². The lowest BCUT2D eigenvalue weighted by atomic mass is 10.3. The first-order valence-corrected chi connectivity index (χ1v) is 8.38. The van der Waals surface area contributed by atoms with Gasteiger partial charge in [0.15, 0.2) is 5.13 Å². The van der Waals surface area contributed by atoms with Gasteiger partial charge in [-0.15, -0.1) is 0 Å². The summed E-state index contributed by atoms with van der Waals surface area (Å²) >= 11 is 7.80. The van der Waals surface area contributed by atoms with Gasteiger partial charge in [0.05, 0.1) is 10.2 Å². The number of hydrogen-bond acceptors (Lipinski definition) is 4. The molecule has 1 saturated heterocycles. The van der Waals surface area contributed by atoms with Gasteiger partial charge in [-0.25, -0.2) is 4.98 Å². The van der Waals surface area contributed by atoms with Crippen LogP contribution in [0.15, 0.2) is 18.2 Å². The van der Waals surface area contributed by atoms with E-state index in [4.69, 9.17) is 16.6 Å². The number of anilines is 1. The number of fused-ring (bicyclic) bond motifs is 1. The van der Waals surface area contributed by atoms with Gasteiger partial charge in [-0.3, -0.25) is 4.90 Å². The fourth-order valence-electron chi connectivity index (χ4n) is 2.67. The van der Waals surface area contributed by atoms with Crippen molar-refractivity contribution in [3.05, 3.63) is 23.2 Å². The maximum atomic E-state index is 6.05. The monoisotopic (exact) mass is 309 g/mol. The second-order valence-corrected chi connectivity index (χ2v) is 7.02. The molecular weight excluding hydrogens is 290 g/mol. The summed E-state index contributed by atoms with van der Waals surface area (Å²) in [4.78, 5) is 9.72. The summed E-state index contributed by atoms with van der Waals surface area (Å²) < 4.78 is 1.18. The Bertz CT molecular complexity index is 596. The molecule has 1 fully saturated rings. The predicted molar refractivity (Wildman–Crippen MR) is 88.2 cm³/mol. The largest absolute Gasteiger partial charge is 0.347 e. The third-order valence-electron chi connectivity index (χ3n) is 3.87. The summed E-state index contributed by atoms with van der Waals surface area (Å²) in [6.07, 6.45) is 1.20. The van der Waals surface area contributed by atoms with Gasteiger partial charge in [-0.1, -0.05) is 22.9 Å². The van der Waals surface area contributed by atoms with Crippen molar-refractivity contribution in [1.82, 2.24) is 9.88 Å². The fourth-order valence-corrected chi connectivity index (χ4v) is 3.96. The molecule has 108 valence electrons. The smallest absolute Gasteiger partial charge is 0.186 e. The molecule has 1 aromatic heterocycles. The molecule has 0 spiro atoms. The van der Waals surface area contributed by atoms with Gasteiger partial charge < -0.3 is 4.90 Å². The summed E-state index contributed by atoms with van der Waals surface area (Å²) in [7, 11) is 0. The molecular formula is C15H20ClN3S. The van der Waals surface area contributed by atoms with Crippen molar-refractivity contribution in [2.24, 2.45) is 0 Å². The SMILES string of the molecule is CC(C)N1CCCN(c2nc3ccc(Cl)cc3s2)CC1. The number of benzene rings is 1. The number of hydrogen-bond donors (Lipinski definition) is 0. The number of halogens is 1. The van der Waals surface area contributed by atoms with E-state index in [2.05, 4.69) is 23.6 Å². The highest BCUT2D eigenvalue weighted by Gasteiger charge is 2.19. The molecule has 1 aromatic carbocycles. The van der Waals surface area contributed by atoms with Crippen LogP contribution in [0.25, 0.3) is 10.2 Å². The van der Waals surface area contributed by atoms with Crippen molar-refractivity contribution >= 4 is 38.3 Å². The van der Waals surface area contributed by atoms with Gasteiger partial charge in [-0.05, 0) is 38.5 Å². The molecule has 0 unspecified atom stereocenters. The van der Waals surface area contributed by atoms with Crippen molar-refractivity contribution < 1.29 is 0 Å². The molecule has 0 aliphatic carbocycles. The Labute approximate surface area is 129 Å². The molecule has 0 N–H and O–H groups in total. The Kier molecular flexibility index (Phi) is 4.15. The average molecular weight is 310 g/mol. The zero-order valence-electron chi connectivity index (χ0n) is 12.0. The van der Waals surface area contributed by atoms with E-state index in [1.165, 1.54) is 17.7 Å². The maximum absolute atomic E-state index is 6.05. The van der Waals surface area contributed by atoms with Crippen LogP contribution in [0.2, 0.25) is 5.02 Å². The topological polar surface area (TPSA) is 19.4 Å². The lowest BCUT2D eigenvalue weighted by Crippen LogP contribution is -2.35. The minimum atomic E-state index is 0.629. The van der Waals surface area contributed by atoms with Crippen LogP contribution in [0.5, 0.6) is 0 Å². The second kappa shape index (κ2) is 5.88. The third-order valence-corrected chi connectivity index (χ3v) is 5.18. The van der Waals surface area contributed by atoms with E-state index < -0.39 is 0 Å². The van der Waals surface area contributed by atoms with Gasteiger partial charge in [0, 0.05) is 37.2 Å². The zero-order chi connectivity index (χ0) is 14.1. The Morgan fingerprint density at radius 2 is 2.05 bits per heavy atom. The van der Waals surface area contributed by atoms with Crippen LogP contribution < -0.4 is 4.90 Å². The van der Waals surface area contributed by atoms with Crippen molar-refractivity contribution in [1.29, 1.82) is 0 Å². The van der Waals surface area contributed by atoms with Crippen LogP contribution in [0.1, 0.15) is 20.3 Å². The Hall–Kier alpha value is -0.840. The van der Waals surface area contributed by atoms with Crippen molar-refractivity contribution in [3.8, 4) is 0 Å². The Morgan fingerprint density at radius 1 is 1.20 bits per heavy atom. The molecule has 5 heteroatoms. The normalized spacial score (nSPS) is 17.9. The maximum Gasteiger partial charge on any atom is 0.186 e. The minimum Gasteiger partial charge on any atom is -0.347 e. The fraction of sp³-hybridized carbons (Fsp3) is 0.533. The van der Waals surface area contributed by atoms with Crippen LogP contribution in [-0.2, 0) is 0 Å². The quantitative estimate of drug-likeness (QED) is 0.839. The van der Waals surface area contributed by atoms with Crippen LogP contribution >= 0.6 is 22.9 Å². The molecule has 2 heterocycles. The summed E-state index contributed by atoms with van der Waals surface area (Å²) in [5, 5.41) is 1.92. The predicted octanol–water partition coefficient (Wildman–Crippen LogP) is 3.87. The standard InChI is InChI=1S/C15H20ClN3S/c1-11(2)18-6-3-7-19(9-8-18)15-17-13-5-4-12(16)10-14(13)20-15/h4-5,10-11H,3,6-9H2,1-2H3. The lowest BCUT2D eigenvalue weighted by Gasteiger charge is -2.24. The first-order valence-electron chi connectivity index (χ1n) is 7.18. The highest BCUT2D eigenvalue weighted by molar-refractivity contribution is 7.22. The minimum absolute atomic E-state index is 0.629. The van der Waals surface area contributed by atoms with Crippen LogP contribution in [-0.4, -0.2) is 42.1 Å². The van der Waals surface area contributed by atoms with E-state index >= 15 is 0 Å². The summed E-state index contributed by atoms with van der Waals surface area (Å²) in [5.74, 6) is 0. The van der Waals surface area contributed by atoms with Gasteiger partial charge in [-0.2, -0.15) is 0 Å². The number of aromatic nitrogens is 1. The molecule has 2 aromatic rings. The van der Waals surface area contributed by atoms with Crippen LogP contribution in [0.3, 0.4) is 0 Å². The molecule has 3 rings (SSSR count). The highest BCUT2D eigenvalue weighted by Crippen LogP contribution is 2.31. The number of nitrogens with zero attached hydrogens (tertiary/aromatic N) is 3. The van der Waals surface area contributed by atoms with Gasteiger partial charge in [0.2, 0.25) is 0 Å². The molecule has 3 nitrogen and oxygen atoms in total. The van der Waals surface area contributed by atoms with E-state index in [1.807, 2.05) is 18.2 Å². The highest BCUT2D eigenvalue weighted by atomic mass is 35.5. The Balaban J connectivity index is 1.80. The molecule has 0 atom stereocenters. The number of rotatable bonds is 2. The molecule has 0 saturated carbocycles. The van der Waals surface area contributed by atoms with E-state index in [1.54, 1.807) is 11.3 Å². The van der Waals surface area contributed by atoms with Crippen LogP contribution in [0.4, 0.5) is 5.13 Å². The van der Waals surface area contributed by atoms with Crippen molar-refractivity contribution in [2.75, 3.05) is 31.1 Å². The lowest BCUT2D eigenvalue weighted by molar-refractivity contribution is 0.238. The zero-order valence-corrected chi connectivity index (χ0v) is 13.5.